The predicted molar refractivity (Wildman–Crippen MR) is 73.2 cm³/mol. The first-order chi connectivity index (χ1) is 9.32. The molecule has 1 aromatic carbocycles. The Morgan fingerprint density at radius 2 is 2.05 bits per heavy atom. The molecule has 0 saturated carbocycles. The molecule has 1 rings (SSSR count). The van der Waals surface area contributed by atoms with Crippen molar-refractivity contribution < 1.29 is 21.9 Å². The minimum atomic E-state index is -3.97. The van der Waals surface area contributed by atoms with Gasteiger partial charge in [-0.05, 0) is 30.2 Å². The van der Waals surface area contributed by atoms with Crippen LogP contribution in [0.5, 0.6) is 5.75 Å². The summed E-state index contributed by atoms with van der Waals surface area (Å²) in [4.78, 5) is -0.0258. The Labute approximate surface area is 122 Å². The maximum atomic E-state index is 12.4. The smallest absolute Gasteiger partial charge is 0.252 e. The second-order valence-electron chi connectivity index (χ2n) is 4.09. The van der Waals surface area contributed by atoms with Crippen molar-refractivity contribution >= 4 is 21.6 Å². The molecule has 0 unspecified atom stereocenters. The van der Waals surface area contributed by atoms with Crippen LogP contribution in [0.1, 0.15) is 5.56 Å². The molecular weight excluding hydrogens is 312 g/mol. The van der Waals surface area contributed by atoms with Crippen LogP contribution in [0.15, 0.2) is 23.1 Å². The maximum absolute atomic E-state index is 12.4. The summed E-state index contributed by atoms with van der Waals surface area (Å²) < 4.78 is 54.9. The van der Waals surface area contributed by atoms with E-state index >= 15 is 0 Å². The summed E-state index contributed by atoms with van der Waals surface area (Å²) in [6, 6.07) is 4.37. The van der Waals surface area contributed by atoms with E-state index in [1.807, 2.05) is 0 Å². The van der Waals surface area contributed by atoms with Crippen LogP contribution in [0, 0.1) is 0 Å². The van der Waals surface area contributed by atoms with Gasteiger partial charge in [0.25, 0.3) is 6.43 Å². The van der Waals surface area contributed by atoms with Gasteiger partial charge in [0.1, 0.15) is 5.75 Å². The van der Waals surface area contributed by atoms with E-state index in [1.54, 1.807) is 6.07 Å². The first-order valence-electron chi connectivity index (χ1n) is 5.80. The van der Waals surface area contributed by atoms with Crippen LogP contribution in [0.2, 0.25) is 0 Å². The van der Waals surface area contributed by atoms with Gasteiger partial charge in [0.2, 0.25) is 10.0 Å². The van der Waals surface area contributed by atoms with Gasteiger partial charge in [-0.2, -0.15) is 4.31 Å². The number of halogens is 3. The van der Waals surface area contributed by atoms with Crippen molar-refractivity contribution in [2.45, 2.75) is 17.7 Å². The molecular formula is C12H16ClF2NO3S. The number of sulfonamides is 1. The fraction of sp³-hybridized carbons (Fsp3) is 0.500. The fourth-order valence-corrected chi connectivity index (χ4v) is 3.27. The number of hydrogen-bond donors (Lipinski definition) is 0. The number of ether oxygens (including phenoxy) is 1. The molecule has 0 fully saturated rings. The predicted octanol–water partition coefficient (Wildman–Crippen LogP) is 2.36. The lowest BCUT2D eigenvalue weighted by molar-refractivity contribution is 0.126. The van der Waals surface area contributed by atoms with E-state index in [9.17, 15) is 17.2 Å². The highest BCUT2D eigenvalue weighted by Crippen LogP contribution is 2.25. The number of methoxy groups -OCH3 is 1. The van der Waals surface area contributed by atoms with E-state index in [0.29, 0.717) is 22.0 Å². The zero-order valence-electron chi connectivity index (χ0n) is 11.1. The van der Waals surface area contributed by atoms with E-state index in [1.165, 1.54) is 19.2 Å². The first-order valence-corrected chi connectivity index (χ1v) is 7.77. The summed E-state index contributed by atoms with van der Waals surface area (Å²) in [5.74, 6) is 0.703. The van der Waals surface area contributed by atoms with E-state index in [4.69, 9.17) is 16.3 Å². The molecule has 0 aromatic heterocycles. The molecule has 4 nitrogen and oxygen atoms in total. The van der Waals surface area contributed by atoms with E-state index < -0.39 is 23.0 Å². The summed E-state index contributed by atoms with van der Waals surface area (Å²) in [6.45, 7) is -0.853. The second-order valence-corrected chi connectivity index (χ2v) is 6.48. The molecule has 0 aliphatic heterocycles. The van der Waals surface area contributed by atoms with Gasteiger partial charge in [0.05, 0.1) is 18.6 Å². The highest BCUT2D eigenvalue weighted by atomic mass is 35.5. The average molecular weight is 328 g/mol. The van der Waals surface area contributed by atoms with Gasteiger partial charge in [-0.3, -0.25) is 0 Å². The highest BCUT2D eigenvalue weighted by Gasteiger charge is 2.26. The summed E-state index contributed by atoms with van der Waals surface area (Å²) in [7, 11) is -1.40. The fourth-order valence-electron chi connectivity index (χ4n) is 1.69. The number of rotatable bonds is 7. The van der Waals surface area contributed by atoms with Gasteiger partial charge in [0, 0.05) is 12.9 Å². The number of hydrogen-bond acceptors (Lipinski definition) is 3. The topological polar surface area (TPSA) is 46.6 Å². The quantitative estimate of drug-likeness (QED) is 0.722. The normalized spacial score (nSPS) is 12.2. The lowest BCUT2D eigenvalue weighted by atomic mass is 10.1. The van der Waals surface area contributed by atoms with Crippen molar-refractivity contribution in [1.82, 2.24) is 4.31 Å². The Balaban J connectivity index is 3.22. The van der Waals surface area contributed by atoms with Crippen LogP contribution in [-0.2, 0) is 16.4 Å². The molecule has 0 amide bonds. The van der Waals surface area contributed by atoms with E-state index in [0.717, 1.165) is 7.05 Å². The van der Waals surface area contributed by atoms with Crippen LogP contribution in [0.25, 0.3) is 0 Å². The third-order valence-electron chi connectivity index (χ3n) is 2.71. The summed E-state index contributed by atoms with van der Waals surface area (Å²) in [6.07, 6.45) is -2.43. The second kappa shape index (κ2) is 7.19. The average Bonchev–Trinajstić information content (AvgIpc) is 2.37. The SMILES string of the molecule is COc1ccc(S(=O)(=O)N(C)CC(F)F)c(CCCl)c1. The number of benzene rings is 1. The van der Waals surface area contributed by atoms with Crippen LogP contribution < -0.4 is 4.74 Å². The molecule has 0 aliphatic rings. The molecule has 0 heterocycles. The lowest BCUT2D eigenvalue weighted by Crippen LogP contribution is -2.32. The Hall–Kier alpha value is -0.920. The molecule has 0 aliphatic carbocycles. The summed E-state index contributed by atoms with van der Waals surface area (Å²) in [5.41, 5.74) is 0.445. The van der Waals surface area contributed by atoms with Crippen LogP contribution in [-0.4, -0.2) is 45.7 Å². The molecule has 20 heavy (non-hydrogen) atoms. The van der Waals surface area contributed by atoms with E-state index in [2.05, 4.69) is 0 Å². The van der Waals surface area contributed by atoms with Crippen molar-refractivity contribution in [2.24, 2.45) is 0 Å². The maximum Gasteiger partial charge on any atom is 0.252 e. The van der Waals surface area contributed by atoms with Gasteiger partial charge in [-0.15, -0.1) is 11.6 Å². The Morgan fingerprint density at radius 1 is 1.40 bits per heavy atom. The van der Waals surface area contributed by atoms with Gasteiger partial charge < -0.3 is 4.74 Å². The van der Waals surface area contributed by atoms with Gasteiger partial charge in [-0.25, -0.2) is 17.2 Å². The number of nitrogens with zero attached hydrogens (tertiary/aromatic N) is 1. The van der Waals surface area contributed by atoms with Crippen molar-refractivity contribution in [3.8, 4) is 5.75 Å². The summed E-state index contributed by atoms with van der Waals surface area (Å²) >= 11 is 5.65. The number of alkyl halides is 3. The van der Waals surface area contributed by atoms with Gasteiger partial charge in [-0.1, -0.05) is 0 Å². The standard InChI is InChI=1S/C12H16ClF2NO3S/c1-16(8-12(14)15)20(17,18)11-4-3-10(19-2)7-9(11)5-6-13/h3-4,7,12H,5-6,8H2,1-2H3. The van der Waals surface area contributed by atoms with Gasteiger partial charge in [0.15, 0.2) is 0 Å². The minimum Gasteiger partial charge on any atom is -0.497 e. The number of aryl methyl sites for hydroxylation is 1. The molecule has 0 radical (unpaired) electrons. The monoisotopic (exact) mass is 327 g/mol. The highest BCUT2D eigenvalue weighted by molar-refractivity contribution is 7.89. The van der Waals surface area contributed by atoms with Crippen molar-refractivity contribution in [3.05, 3.63) is 23.8 Å². The zero-order valence-corrected chi connectivity index (χ0v) is 12.7. The molecule has 8 heteroatoms. The van der Waals surface area contributed by atoms with Crippen LogP contribution in [0.3, 0.4) is 0 Å². The molecule has 0 N–H and O–H groups in total. The lowest BCUT2D eigenvalue weighted by Gasteiger charge is -2.19. The Kier molecular flexibility index (Phi) is 6.16. The Bertz CT molecular complexity index is 552. The molecule has 0 saturated heterocycles. The summed E-state index contributed by atoms with van der Waals surface area (Å²) in [5, 5.41) is 0. The van der Waals surface area contributed by atoms with Crippen molar-refractivity contribution in [1.29, 1.82) is 0 Å². The van der Waals surface area contributed by atoms with Crippen molar-refractivity contribution in [3.63, 3.8) is 0 Å². The van der Waals surface area contributed by atoms with E-state index in [-0.39, 0.29) is 10.8 Å². The Morgan fingerprint density at radius 3 is 2.55 bits per heavy atom. The van der Waals surface area contributed by atoms with Gasteiger partial charge >= 0.3 is 0 Å². The minimum absolute atomic E-state index is 0.0258. The largest absolute Gasteiger partial charge is 0.497 e. The van der Waals surface area contributed by atoms with Crippen LogP contribution >= 0.6 is 11.6 Å². The molecule has 0 spiro atoms. The molecule has 0 atom stereocenters. The molecule has 0 bridgehead atoms. The third kappa shape index (κ3) is 4.04. The third-order valence-corrected chi connectivity index (χ3v) is 4.83. The molecule has 1 aromatic rings. The van der Waals surface area contributed by atoms with Crippen LogP contribution in [0.4, 0.5) is 8.78 Å². The first kappa shape index (κ1) is 17.1. The molecule has 114 valence electrons. The zero-order chi connectivity index (χ0) is 15.3. The van der Waals surface area contributed by atoms with Crippen molar-refractivity contribution in [2.75, 3.05) is 26.6 Å².